The van der Waals surface area contributed by atoms with Crippen molar-refractivity contribution in [3.8, 4) is 0 Å². The minimum Gasteiger partial charge on any atom is -0.388 e. The van der Waals surface area contributed by atoms with Crippen LogP contribution in [0.5, 0.6) is 0 Å². The van der Waals surface area contributed by atoms with E-state index in [-0.39, 0.29) is 60.0 Å². The molecule has 6 aromatic rings. The maximum atomic E-state index is 11.1. The number of nitrogen functional groups attached to an aromatic ring is 3. The van der Waals surface area contributed by atoms with Gasteiger partial charge in [-0.3, -0.25) is 13.7 Å². The highest BCUT2D eigenvalue weighted by molar-refractivity contribution is 8.36. The van der Waals surface area contributed by atoms with E-state index in [2.05, 4.69) is 57.1 Å². The average molecular weight is 926 g/mol. The number of hydrogen-bond acceptors (Lipinski definition) is 23. The summed E-state index contributed by atoms with van der Waals surface area (Å²) in [5.74, 6) is 0.696. The van der Waals surface area contributed by atoms with Crippen molar-refractivity contribution >= 4 is 89.5 Å². The summed E-state index contributed by atoms with van der Waals surface area (Å²) in [5.41, 5.74) is 20.9. The van der Waals surface area contributed by atoms with E-state index >= 15 is 0 Å². The van der Waals surface area contributed by atoms with Crippen LogP contribution in [-0.4, -0.2) is 148 Å². The molecule has 0 spiro atoms. The predicted octanol–water partition coefficient (Wildman–Crippen LogP) is 0.0331. The summed E-state index contributed by atoms with van der Waals surface area (Å²) >= 11 is 3.37. The molecule has 6 aromatic heterocycles. The first kappa shape index (κ1) is 45.3. The van der Waals surface area contributed by atoms with Gasteiger partial charge >= 0.3 is 0 Å². The van der Waals surface area contributed by atoms with Gasteiger partial charge in [0.1, 0.15) is 66.1 Å². The summed E-state index contributed by atoms with van der Waals surface area (Å²) < 4.78 is 43.9. The van der Waals surface area contributed by atoms with Gasteiger partial charge in [0.15, 0.2) is 53.1 Å². The van der Waals surface area contributed by atoms with Crippen LogP contribution in [0.1, 0.15) is 37.9 Å². The van der Waals surface area contributed by atoms with Crippen LogP contribution in [0.3, 0.4) is 0 Å². The van der Waals surface area contributed by atoms with E-state index in [1.54, 1.807) is 33.5 Å². The number of rotatable bonds is 13. The zero-order valence-corrected chi connectivity index (χ0v) is 36.4. The summed E-state index contributed by atoms with van der Waals surface area (Å²) in [7, 11) is 2.57. The lowest BCUT2D eigenvalue weighted by atomic mass is 10.1. The van der Waals surface area contributed by atoms with Gasteiger partial charge in [0.2, 0.25) is 0 Å². The summed E-state index contributed by atoms with van der Waals surface area (Å²) in [5, 5.41) is 11.1. The van der Waals surface area contributed by atoms with Crippen molar-refractivity contribution < 1.29 is 48.2 Å². The Morgan fingerprint density at radius 2 is 1.21 bits per heavy atom. The molecule has 3 aliphatic rings. The number of aromatic nitrogens is 12. The SMILES string of the molecule is COC1C(COC2CC(CCPO)OC2n2cnc3c(N)ncnc32)OC(n2cnc3c(N)ncnc32)C1OCC1CC(O)C(n2cnc3c(N)ncnc32)O1.OP.OPS. The molecule has 29 heteroatoms. The second kappa shape index (κ2) is 20.6. The van der Waals surface area contributed by atoms with Crippen LogP contribution < -0.4 is 17.2 Å². The molecular formula is C32H46N15O10P3S. The van der Waals surface area contributed by atoms with Gasteiger partial charge in [0.25, 0.3) is 0 Å². The molecule has 0 bridgehead atoms. The van der Waals surface area contributed by atoms with Gasteiger partial charge in [0, 0.05) is 28.8 Å². The van der Waals surface area contributed by atoms with Gasteiger partial charge in [-0.2, -0.15) is 0 Å². The number of anilines is 3. The van der Waals surface area contributed by atoms with Crippen molar-refractivity contribution in [3.63, 3.8) is 0 Å². The highest BCUT2D eigenvalue weighted by Gasteiger charge is 2.49. The molecule has 0 aromatic carbocycles. The predicted molar refractivity (Wildman–Crippen MR) is 228 cm³/mol. The molecule has 330 valence electrons. The monoisotopic (exact) mass is 925 g/mol. The maximum Gasteiger partial charge on any atom is 0.167 e. The Kier molecular flexibility index (Phi) is 15.3. The maximum absolute atomic E-state index is 11.1. The highest BCUT2D eigenvalue weighted by atomic mass is 32.7. The number of imidazole rings is 3. The first-order valence-electron chi connectivity index (χ1n) is 18.6. The zero-order chi connectivity index (χ0) is 43.2. The number of fused-ring (bicyclic) bond motifs is 3. The molecule has 0 aliphatic carbocycles. The van der Waals surface area contributed by atoms with Crippen molar-refractivity contribution in [2.45, 2.75) is 80.7 Å². The third kappa shape index (κ3) is 9.34. The highest BCUT2D eigenvalue weighted by Crippen LogP contribution is 2.40. The van der Waals surface area contributed by atoms with Gasteiger partial charge in [-0.05, 0) is 22.0 Å². The lowest BCUT2D eigenvalue weighted by Gasteiger charge is -2.26. The molecule has 9 heterocycles. The summed E-state index contributed by atoms with van der Waals surface area (Å²) in [6.07, 6.45) is 4.57. The number of ether oxygens (including phenoxy) is 6. The molecule has 61 heavy (non-hydrogen) atoms. The lowest BCUT2D eigenvalue weighted by Crippen LogP contribution is -2.40. The zero-order valence-electron chi connectivity index (χ0n) is 32.3. The third-order valence-corrected chi connectivity index (χ3v) is 10.9. The van der Waals surface area contributed by atoms with Crippen LogP contribution in [0.4, 0.5) is 17.5 Å². The van der Waals surface area contributed by atoms with Gasteiger partial charge in [-0.1, -0.05) is 0 Å². The van der Waals surface area contributed by atoms with Crippen molar-refractivity contribution in [1.29, 1.82) is 0 Å². The summed E-state index contributed by atoms with van der Waals surface area (Å²) in [4.78, 5) is 62.4. The molecule has 3 fully saturated rings. The Bertz CT molecular complexity index is 2370. The largest absolute Gasteiger partial charge is 0.388 e. The second-order valence-electron chi connectivity index (χ2n) is 13.8. The first-order chi connectivity index (χ1) is 29.7. The minimum absolute atomic E-state index is 0.0729. The fourth-order valence-electron chi connectivity index (χ4n) is 7.74. The fourth-order valence-corrected chi connectivity index (χ4v) is 8.20. The summed E-state index contributed by atoms with van der Waals surface area (Å²) in [6, 6.07) is 0. The molecule has 0 amide bonds. The van der Waals surface area contributed by atoms with Crippen molar-refractivity contribution in [3.05, 3.63) is 38.0 Å². The van der Waals surface area contributed by atoms with E-state index < -0.39 is 55.3 Å². The molecule has 10 N–H and O–H groups in total. The third-order valence-electron chi connectivity index (χ3n) is 10.4. The van der Waals surface area contributed by atoms with Crippen LogP contribution >= 0.6 is 38.5 Å². The topological polar surface area (TPSA) is 345 Å². The van der Waals surface area contributed by atoms with E-state index in [1.165, 1.54) is 34.8 Å². The van der Waals surface area contributed by atoms with Crippen LogP contribution in [0.15, 0.2) is 38.0 Å². The molecule has 0 radical (unpaired) electrons. The Balaban J connectivity index is 0.00000108. The Hall–Kier alpha value is -3.71. The van der Waals surface area contributed by atoms with E-state index in [4.69, 9.17) is 55.4 Å². The second-order valence-corrected chi connectivity index (χ2v) is 15.4. The molecule has 3 aliphatic heterocycles. The molecule has 3 saturated heterocycles. The first-order valence-corrected chi connectivity index (χ1v) is 22.5. The number of hydrogen-bond donors (Lipinski definition) is 8. The van der Waals surface area contributed by atoms with Crippen LogP contribution in [0.2, 0.25) is 0 Å². The standard InChI is InChI=1S/C32H40N15O8P.H3OPS.H3OP/c1-50-22-18(7-51-17-5-14(2-3-56-49)53-31(17)46-12-43-20-25(34)37-9-40-28(20)46)55-32(47-13-44-21-26(35)38-10-41-29(21)47)23(22)52-6-15-4-16(48)30(54-15)45-11-42-19-24(33)36-8-39-27(19)45;1-2-3;1-2/h8-18,22-23,30-32,48-49,56H,2-7H2,1H3,(H2,33,36,39)(H2,34,37,40)(H2,35,38,41);1-3H;1H,2H2. The van der Waals surface area contributed by atoms with E-state index in [0.717, 1.165) is 0 Å². The number of nitrogens with two attached hydrogens (primary N) is 3. The van der Waals surface area contributed by atoms with Crippen molar-refractivity contribution in [2.24, 2.45) is 0 Å². The molecule has 13 unspecified atom stereocenters. The quantitative estimate of drug-likeness (QED) is 0.0559. The number of nitrogens with zero attached hydrogens (tertiary/aromatic N) is 12. The van der Waals surface area contributed by atoms with E-state index in [0.29, 0.717) is 52.5 Å². The normalized spacial score (nSPS) is 27.8. The Morgan fingerprint density at radius 3 is 1.74 bits per heavy atom. The molecule has 25 nitrogen and oxygen atoms in total. The van der Waals surface area contributed by atoms with Gasteiger partial charge < -0.3 is 65.4 Å². The Labute approximate surface area is 357 Å². The van der Waals surface area contributed by atoms with Crippen LogP contribution in [-0.2, 0) is 28.4 Å². The van der Waals surface area contributed by atoms with Gasteiger partial charge in [-0.15, -0.1) is 12.2 Å². The van der Waals surface area contributed by atoms with E-state index in [9.17, 15) is 10.00 Å². The van der Waals surface area contributed by atoms with E-state index in [1.807, 2.05) is 0 Å². The molecule has 13 atom stereocenters. The fraction of sp³-hybridized carbons (Fsp3) is 0.531. The van der Waals surface area contributed by atoms with Crippen molar-refractivity contribution in [2.75, 3.05) is 43.7 Å². The molecule has 0 saturated carbocycles. The average Bonchev–Trinajstić information content (AvgIpc) is 4.12. The van der Waals surface area contributed by atoms with Crippen LogP contribution in [0.25, 0.3) is 33.5 Å². The van der Waals surface area contributed by atoms with Gasteiger partial charge in [0.05, 0.1) is 52.4 Å². The minimum atomic E-state index is -0.886. The Morgan fingerprint density at radius 1 is 0.705 bits per heavy atom. The number of aliphatic hydroxyl groups is 1. The molecular weight excluding hydrogens is 879 g/mol. The van der Waals surface area contributed by atoms with Gasteiger partial charge in [-0.25, -0.2) is 44.9 Å². The smallest absolute Gasteiger partial charge is 0.167 e. The lowest BCUT2D eigenvalue weighted by molar-refractivity contribution is -0.113. The van der Waals surface area contributed by atoms with Crippen molar-refractivity contribution in [1.82, 2.24) is 58.6 Å². The number of aliphatic hydroxyl groups excluding tert-OH is 1. The number of thiol groups is 1. The molecule has 9 rings (SSSR count). The summed E-state index contributed by atoms with van der Waals surface area (Å²) in [6.45, 7) is 0.157. The van der Waals surface area contributed by atoms with Crippen LogP contribution in [0, 0.1) is 0 Å². The number of methoxy groups -OCH3 is 1.